The number of rotatable bonds is 4. The van der Waals surface area contributed by atoms with Gasteiger partial charge in [-0.1, -0.05) is 24.3 Å². The molecule has 3 rings (SSSR count). The van der Waals surface area contributed by atoms with Crippen molar-refractivity contribution in [1.29, 1.82) is 0 Å². The van der Waals surface area contributed by atoms with Crippen LogP contribution >= 0.6 is 11.8 Å². The van der Waals surface area contributed by atoms with Gasteiger partial charge in [0, 0.05) is 21.1 Å². The average molecular weight is 330 g/mol. The summed E-state index contributed by atoms with van der Waals surface area (Å²) in [5.74, 6) is 1.95. The molecule has 1 aromatic heterocycles. The summed E-state index contributed by atoms with van der Waals surface area (Å²) in [5, 5.41) is 2.95. The van der Waals surface area contributed by atoms with E-state index in [0.717, 1.165) is 29.4 Å². The zero-order chi connectivity index (χ0) is 16.4. The molecular weight excluding hydrogens is 308 g/mol. The largest absolute Gasteiger partial charge is 0.349 e. The Bertz CT molecular complexity index is 710. The third-order valence-electron chi connectivity index (χ3n) is 4.14. The van der Waals surface area contributed by atoms with Crippen LogP contribution in [0.25, 0.3) is 0 Å². The topological polar surface area (TPSA) is 50.2 Å². The van der Waals surface area contributed by atoms with E-state index in [1.54, 1.807) is 11.8 Å². The summed E-state index contributed by atoms with van der Waals surface area (Å²) >= 11 is 1.72. The zero-order valence-electron chi connectivity index (χ0n) is 13.7. The van der Waals surface area contributed by atoms with Crippen LogP contribution < -0.4 is 10.2 Å². The van der Waals surface area contributed by atoms with E-state index >= 15 is 0 Å². The Morgan fingerprint density at radius 2 is 2.22 bits per heavy atom. The molecule has 0 unspecified atom stereocenters. The van der Waals surface area contributed by atoms with Crippen molar-refractivity contribution in [2.75, 3.05) is 24.7 Å². The van der Waals surface area contributed by atoms with Crippen molar-refractivity contribution in [3.63, 3.8) is 0 Å². The van der Waals surface area contributed by atoms with Gasteiger partial charge < -0.3 is 14.8 Å². The number of amides is 1. The third kappa shape index (κ3) is 3.22. The molecule has 0 saturated carbocycles. The van der Waals surface area contributed by atoms with E-state index in [0.29, 0.717) is 6.54 Å². The molecule has 0 fully saturated rings. The predicted octanol–water partition coefficient (Wildman–Crippen LogP) is 2.13. The van der Waals surface area contributed by atoms with Crippen molar-refractivity contribution in [3.8, 4) is 0 Å². The fourth-order valence-corrected chi connectivity index (χ4v) is 4.11. The van der Waals surface area contributed by atoms with Crippen molar-refractivity contribution >= 4 is 23.6 Å². The van der Waals surface area contributed by atoms with Crippen LogP contribution in [0.2, 0.25) is 0 Å². The van der Waals surface area contributed by atoms with Gasteiger partial charge in [-0.15, -0.1) is 11.8 Å². The number of aryl methyl sites for hydroxylation is 1. The van der Waals surface area contributed by atoms with Gasteiger partial charge in [0.25, 0.3) is 0 Å². The second kappa shape index (κ2) is 6.66. The molecule has 1 aliphatic rings. The maximum atomic E-state index is 12.6. The molecule has 0 aliphatic carbocycles. The SMILES string of the molecule is CN(C)c1ncc(CNC(=O)[C@H]2SCCc3ccccc32)n1C. The zero-order valence-corrected chi connectivity index (χ0v) is 14.6. The minimum atomic E-state index is -0.110. The number of carbonyl (C=O) groups is 1. The quantitative estimate of drug-likeness (QED) is 0.933. The average Bonchev–Trinajstić information content (AvgIpc) is 2.93. The van der Waals surface area contributed by atoms with E-state index in [1.165, 1.54) is 5.56 Å². The van der Waals surface area contributed by atoms with Crippen LogP contribution in [0.1, 0.15) is 22.1 Å². The van der Waals surface area contributed by atoms with Crippen LogP contribution in [0.4, 0.5) is 5.95 Å². The number of nitrogens with one attached hydrogen (secondary N) is 1. The number of thioether (sulfide) groups is 1. The van der Waals surface area contributed by atoms with Crippen LogP contribution in [0.15, 0.2) is 30.5 Å². The van der Waals surface area contributed by atoms with E-state index in [-0.39, 0.29) is 11.2 Å². The number of hydrogen-bond donors (Lipinski definition) is 1. The van der Waals surface area contributed by atoms with Gasteiger partial charge in [-0.3, -0.25) is 4.79 Å². The fraction of sp³-hybridized carbons (Fsp3) is 0.412. The number of carbonyl (C=O) groups excluding carboxylic acids is 1. The van der Waals surface area contributed by atoms with Crippen LogP contribution in [0.5, 0.6) is 0 Å². The van der Waals surface area contributed by atoms with Gasteiger partial charge in [-0.2, -0.15) is 0 Å². The Balaban J connectivity index is 1.69. The van der Waals surface area contributed by atoms with Crippen LogP contribution in [0, 0.1) is 0 Å². The van der Waals surface area contributed by atoms with Gasteiger partial charge in [-0.05, 0) is 23.3 Å². The Morgan fingerprint density at radius 3 is 2.96 bits per heavy atom. The third-order valence-corrected chi connectivity index (χ3v) is 5.38. The molecule has 1 aliphatic heterocycles. The summed E-state index contributed by atoms with van der Waals surface area (Å²) < 4.78 is 2.00. The summed E-state index contributed by atoms with van der Waals surface area (Å²) in [6, 6.07) is 8.25. The van der Waals surface area contributed by atoms with E-state index in [9.17, 15) is 4.79 Å². The van der Waals surface area contributed by atoms with Gasteiger partial charge in [0.2, 0.25) is 11.9 Å². The molecule has 0 saturated heterocycles. The molecule has 2 aromatic rings. The molecule has 0 radical (unpaired) electrons. The van der Waals surface area contributed by atoms with Crippen molar-refractivity contribution in [2.45, 2.75) is 18.2 Å². The highest BCUT2D eigenvalue weighted by atomic mass is 32.2. The number of benzene rings is 1. The minimum absolute atomic E-state index is 0.0785. The summed E-state index contributed by atoms with van der Waals surface area (Å²) in [7, 11) is 5.88. The summed E-state index contributed by atoms with van der Waals surface area (Å²) in [6.45, 7) is 0.495. The second-order valence-corrected chi connectivity index (χ2v) is 7.13. The second-order valence-electron chi connectivity index (χ2n) is 5.92. The summed E-state index contributed by atoms with van der Waals surface area (Å²) in [5.41, 5.74) is 3.44. The van der Waals surface area contributed by atoms with Crippen LogP contribution in [0.3, 0.4) is 0 Å². The van der Waals surface area contributed by atoms with Gasteiger partial charge >= 0.3 is 0 Å². The number of hydrogen-bond acceptors (Lipinski definition) is 4. The number of imidazole rings is 1. The van der Waals surface area contributed by atoms with Crippen molar-refractivity contribution in [2.24, 2.45) is 7.05 Å². The first-order valence-corrected chi connectivity index (χ1v) is 8.78. The van der Waals surface area contributed by atoms with E-state index in [4.69, 9.17) is 0 Å². The number of nitrogens with zero attached hydrogens (tertiary/aromatic N) is 3. The van der Waals surface area contributed by atoms with Crippen LogP contribution in [-0.2, 0) is 24.8 Å². The summed E-state index contributed by atoms with van der Waals surface area (Å²) in [6.07, 6.45) is 2.86. The molecule has 23 heavy (non-hydrogen) atoms. The van der Waals surface area contributed by atoms with Gasteiger partial charge in [0.15, 0.2) is 0 Å². The smallest absolute Gasteiger partial charge is 0.237 e. The maximum absolute atomic E-state index is 12.6. The highest BCUT2D eigenvalue weighted by Gasteiger charge is 2.26. The standard InChI is InChI=1S/C17H22N4OS/c1-20(2)17-19-11-13(21(17)3)10-18-16(22)15-14-7-5-4-6-12(14)8-9-23-15/h4-7,11,15H,8-10H2,1-3H3,(H,18,22)/t15-/m0/s1. The van der Waals surface area contributed by atoms with E-state index in [1.807, 2.05) is 48.9 Å². The molecule has 0 bridgehead atoms. The number of anilines is 1. The Hall–Kier alpha value is -1.95. The van der Waals surface area contributed by atoms with Crippen LogP contribution in [-0.4, -0.2) is 35.3 Å². The molecule has 1 atom stereocenters. The lowest BCUT2D eigenvalue weighted by Gasteiger charge is -2.24. The first-order chi connectivity index (χ1) is 11.1. The van der Waals surface area contributed by atoms with Crippen molar-refractivity contribution in [3.05, 3.63) is 47.3 Å². The lowest BCUT2D eigenvalue weighted by molar-refractivity contribution is -0.120. The Labute approximate surface area is 141 Å². The first-order valence-electron chi connectivity index (χ1n) is 7.73. The Morgan fingerprint density at radius 1 is 1.43 bits per heavy atom. The molecular formula is C17H22N4OS. The van der Waals surface area contributed by atoms with Crippen molar-refractivity contribution in [1.82, 2.24) is 14.9 Å². The molecule has 1 amide bonds. The first kappa shape index (κ1) is 15.9. The molecule has 0 spiro atoms. The molecule has 1 N–H and O–H groups in total. The van der Waals surface area contributed by atoms with E-state index < -0.39 is 0 Å². The normalized spacial score (nSPS) is 16.7. The van der Waals surface area contributed by atoms with Gasteiger partial charge in [-0.25, -0.2) is 4.98 Å². The molecule has 1 aromatic carbocycles. The monoisotopic (exact) mass is 330 g/mol. The minimum Gasteiger partial charge on any atom is -0.349 e. The molecule has 2 heterocycles. The molecule has 6 heteroatoms. The molecule has 122 valence electrons. The number of aromatic nitrogens is 2. The summed E-state index contributed by atoms with van der Waals surface area (Å²) in [4.78, 5) is 18.9. The van der Waals surface area contributed by atoms with Crippen molar-refractivity contribution < 1.29 is 4.79 Å². The number of fused-ring (bicyclic) bond motifs is 1. The molecule has 5 nitrogen and oxygen atoms in total. The fourth-order valence-electron chi connectivity index (χ4n) is 2.90. The lowest BCUT2D eigenvalue weighted by Crippen LogP contribution is -2.30. The maximum Gasteiger partial charge on any atom is 0.237 e. The van der Waals surface area contributed by atoms with Gasteiger partial charge in [0.1, 0.15) is 5.25 Å². The lowest BCUT2D eigenvalue weighted by atomic mass is 10.0. The van der Waals surface area contributed by atoms with Gasteiger partial charge in [0.05, 0.1) is 18.4 Å². The van der Waals surface area contributed by atoms with E-state index in [2.05, 4.69) is 22.4 Å². The highest BCUT2D eigenvalue weighted by molar-refractivity contribution is 8.00. The highest BCUT2D eigenvalue weighted by Crippen LogP contribution is 2.36. The Kier molecular flexibility index (Phi) is 4.61. The predicted molar refractivity (Wildman–Crippen MR) is 94.7 cm³/mol.